The van der Waals surface area contributed by atoms with E-state index in [4.69, 9.17) is 16.6 Å². The van der Waals surface area contributed by atoms with Gasteiger partial charge in [-0.15, -0.1) is 21.5 Å². The number of thioether (sulfide) groups is 1. The third-order valence-corrected chi connectivity index (χ3v) is 6.26. The fraction of sp³-hybridized carbons (Fsp3) is 0.353. The minimum absolute atomic E-state index is 0.749. The van der Waals surface area contributed by atoms with E-state index < -0.39 is 0 Å². The number of halogens is 1. The third-order valence-electron chi connectivity index (χ3n) is 4.07. The molecule has 0 fully saturated rings. The summed E-state index contributed by atoms with van der Waals surface area (Å²) in [4.78, 5) is 4.74. The van der Waals surface area contributed by atoms with Gasteiger partial charge < -0.3 is 4.57 Å². The van der Waals surface area contributed by atoms with Crippen LogP contribution in [0, 0.1) is 0 Å². The molecule has 2 aromatic heterocycles. The number of rotatable bonds is 4. The quantitative estimate of drug-likeness (QED) is 0.596. The zero-order valence-electron chi connectivity index (χ0n) is 13.1. The Hall–Kier alpha value is -1.37. The second-order valence-electron chi connectivity index (χ2n) is 5.80. The van der Waals surface area contributed by atoms with Crippen molar-refractivity contribution in [2.75, 3.05) is 0 Å². The lowest BCUT2D eigenvalue weighted by molar-refractivity contribution is 0.591. The minimum atomic E-state index is 0.749. The van der Waals surface area contributed by atoms with E-state index in [1.54, 1.807) is 23.1 Å². The van der Waals surface area contributed by atoms with E-state index in [2.05, 4.69) is 20.1 Å². The summed E-state index contributed by atoms with van der Waals surface area (Å²) in [5, 5.41) is 13.6. The van der Waals surface area contributed by atoms with Crippen molar-refractivity contribution < 1.29 is 0 Å². The van der Waals surface area contributed by atoms with Crippen LogP contribution in [-0.2, 0) is 18.7 Å². The average molecular weight is 377 g/mol. The molecule has 124 valence electrons. The number of thiazole rings is 1. The highest BCUT2D eigenvalue weighted by molar-refractivity contribution is 7.98. The van der Waals surface area contributed by atoms with Crippen molar-refractivity contribution in [2.45, 2.75) is 43.1 Å². The molecule has 0 radical (unpaired) electrons. The lowest BCUT2D eigenvalue weighted by Crippen LogP contribution is -2.02. The molecule has 0 saturated carbocycles. The number of hydrogen-bond donors (Lipinski definition) is 0. The fourth-order valence-electron chi connectivity index (χ4n) is 2.80. The second kappa shape index (κ2) is 7.25. The fourth-order valence-corrected chi connectivity index (χ4v) is 4.74. The number of fused-ring (bicyclic) bond motifs is 1. The summed E-state index contributed by atoms with van der Waals surface area (Å²) in [6, 6.07) is 7.82. The number of benzene rings is 1. The molecule has 24 heavy (non-hydrogen) atoms. The minimum Gasteiger partial charge on any atom is -0.306 e. The summed E-state index contributed by atoms with van der Waals surface area (Å²) in [6.45, 7) is 1.04. The van der Waals surface area contributed by atoms with Gasteiger partial charge in [-0.3, -0.25) is 0 Å². The molecule has 4 rings (SSSR count). The second-order valence-corrected chi connectivity index (χ2v) is 8.04. The van der Waals surface area contributed by atoms with Crippen LogP contribution in [0.3, 0.4) is 0 Å². The molecule has 0 N–H and O–H groups in total. The highest BCUT2D eigenvalue weighted by atomic mass is 35.5. The van der Waals surface area contributed by atoms with Gasteiger partial charge in [0.25, 0.3) is 0 Å². The highest BCUT2D eigenvalue weighted by Crippen LogP contribution is 2.29. The third kappa shape index (κ3) is 3.50. The summed E-state index contributed by atoms with van der Waals surface area (Å²) in [6.07, 6.45) is 4.77. The molecule has 0 unspecified atom stereocenters. The maximum atomic E-state index is 5.95. The smallest absolute Gasteiger partial charge is 0.191 e. The van der Waals surface area contributed by atoms with Crippen molar-refractivity contribution in [2.24, 2.45) is 0 Å². The molecule has 0 atom stereocenters. The van der Waals surface area contributed by atoms with Crippen LogP contribution in [0.15, 0.2) is 34.8 Å². The van der Waals surface area contributed by atoms with Gasteiger partial charge in [-0.25, -0.2) is 4.98 Å². The van der Waals surface area contributed by atoms with Crippen molar-refractivity contribution in [1.82, 2.24) is 19.7 Å². The van der Waals surface area contributed by atoms with Crippen LogP contribution in [0.4, 0.5) is 0 Å². The van der Waals surface area contributed by atoms with Crippen LogP contribution in [0.1, 0.15) is 30.8 Å². The first kappa shape index (κ1) is 16.1. The summed E-state index contributed by atoms with van der Waals surface area (Å²) in [5.74, 6) is 1.96. The molecule has 0 amide bonds. The summed E-state index contributed by atoms with van der Waals surface area (Å²) < 4.78 is 2.28. The Morgan fingerprint density at radius 1 is 1.12 bits per heavy atom. The molecule has 1 aromatic carbocycles. The van der Waals surface area contributed by atoms with E-state index in [0.717, 1.165) is 51.0 Å². The van der Waals surface area contributed by atoms with E-state index in [-0.39, 0.29) is 0 Å². The van der Waals surface area contributed by atoms with Crippen LogP contribution >= 0.6 is 34.7 Å². The van der Waals surface area contributed by atoms with Gasteiger partial charge in [0.05, 0.1) is 5.69 Å². The standard InChI is InChI=1S/C17H17ClN4S2/c18-13-7-5-12(6-8-13)16-19-14(10-23-16)11-24-17-21-20-15-4-2-1-3-9-22(15)17/h5-8,10H,1-4,9,11H2. The van der Waals surface area contributed by atoms with Crippen molar-refractivity contribution in [1.29, 1.82) is 0 Å². The topological polar surface area (TPSA) is 43.6 Å². The van der Waals surface area contributed by atoms with Crippen LogP contribution in [0.2, 0.25) is 5.02 Å². The van der Waals surface area contributed by atoms with Crippen molar-refractivity contribution in [3.8, 4) is 10.6 Å². The van der Waals surface area contributed by atoms with Gasteiger partial charge in [-0.1, -0.05) is 41.9 Å². The summed E-state index contributed by atoms with van der Waals surface area (Å²) in [7, 11) is 0. The van der Waals surface area contributed by atoms with Gasteiger partial charge >= 0.3 is 0 Å². The Bertz CT molecular complexity index is 825. The van der Waals surface area contributed by atoms with Gasteiger partial charge in [-0.2, -0.15) is 0 Å². The zero-order valence-corrected chi connectivity index (χ0v) is 15.5. The first-order valence-electron chi connectivity index (χ1n) is 8.05. The van der Waals surface area contributed by atoms with Gasteiger partial charge in [0.1, 0.15) is 10.8 Å². The van der Waals surface area contributed by atoms with Gasteiger partial charge in [0.2, 0.25) is 0 Å². The van der Waals surface area contributed by atoms with Crippen molar-refractivity contribution in [3.05, 3.63) is 46.2 Å². The Balaban J connectivity index is 1.45. The van der Waals surface area contributed by atoms with Crippen LogP contribution in [0.25, 0.3) is 10.6 Å². The average Bonchev–Trinajstić information content (AvgIpc) is 3.15. The Morgan fingerprint density at radius 3 is 2.88 bits per heavy atom. The van der Waals surface area contributed by atoms with Gasteiger partial charge in [-0.05, 0) is 25.0 Å². The lowest BCUT2D eigenvalue weighted by Gasteiger charge is -2.05. The highest BCUT2D eigenvalue weighted by Gasteiger charge is 2.15. The van der Waals surface area contributed by atoms with Gasteiger partial charge in [0, 0.05) is 34.7 Å². The molecule has 0 saturated heterocycles. The molecule has 7 heteroatoms. The maximum absolute atomic E-state index is 5.95. The van der Waals surface area contributed by atoms with E-state index in [1.165, 1.54) is 19.3 Å². The van der Waals surface area contributed by atoms with Gasteiger partial charge in [0.15, 0.2) is 5.16 Å². The molecule has 3 aromatic rings. The normalized spacial score (nSPS) is 14.4. The number of aromatic nitrogens is 4. The Morgan fingerprint density at radius 2 is 2.00 bits per heavy atom. The molecule has 1 aliphatic rings. The molecule has 0 spiro atoms. The molecule has 0 bridgehead atoms. The van der Waals surface area contributed by atoms with Crippen molar-refractivity contribution in [3.63, 3.8) is 0 Å². The first-order valence-corrected chi connectivity index (χ1v) is 10.3. The van der Waals surface area contributed by atoms with E-state index >= 15 is 0 Å². The Labute approximate surface area is 154 Å². The first-order chi connectivity index (χ1) is 11.8. The zero-order chi connectivity index (χ0) is 16.4. The molecular formula is C17H17ClN4S2. The van der Waals surface area contributed by atoms with Crippen molar-refractivity contribution >= 4 is 34.7 Å². The van der Waals surface area contributed by atoms with Crippen LogP contribution in [0.5, 0.6) is 0 Å². The number of hydrogen-bond acceptors (Lipinski definition) is 5. The van der Waals surface area contributed by atoms with Crippen LogP contribution < -0.4 is 0 Å². The molecule has 1 aliphatic heterocycles. The largest absolute Gasteiger partial charge is 0.306 e. The molecular weight excluding hydrogens is 360 g/mol. The molecule has 0 aliphatic carbocycles. The lowest BCUT2D eigenvalue weighted by atomic mass is 10.2. The van der Waals surface area contributed by atoms with E-state index in [1.807, 2.05) is 24.3 Å². The monoisotopic (exact) mass is 376 g/mol. The SMILES string of the molecule is Clc1ccc(-c2nc(CSc3nnc4n3CCCCC4)cs2)cc1. The number of nitrogens with zero attached hydrogens (tertiary/aromatic N) is 4. The van der Waals surface area contributed by atoms with Crippen LogP contribution in [-0.4, -0.2) is 19.7 Å². The number of aryl methyl sites for hydroxylation is 1. The van der Waals surface area contributed by atoms with E-state index in [9.17, 15) is 0 Å². The summed E-state index contributed by atoms with van der Waals surface area (Å²) >= 11 is 9.34. The maximum Gasteiger partial charge on any atom is 0.191 e. The molecule has 3 heterocycles. The molecule has 4 nitrogen and oxygen atoms in total. The predicted octanol–water partition coefficient (Wildman–Crippen LogP) is 5.07. The Kier molecular flexibility index (Phi) is 4.87. The predicted molar refractivity (Wildman–Crippen MR) is 99.7 cm³/mol. The summed E-state index contributed by atoms with van der Waals surface area (Å²) in [5.41, 5.74) is 2.19. The van der Waals surface area contributed by atoms with E-state index in [0.29, 0.717) is 0 Å².